The molecule has 2 aromatic rings. The van der Waals surface area contributed by atoms with Gasteiger partial charge in [-0.05, 0) is 43.9 Å². The van der Waals surface area contributed by atoms with Crippen molar-refractivity contribution in [3.05, 3.63) is 58.7 Å². The van der Waals surface area contributed by atoms with Gasteiger partial charge in [0.15, 0.2) is 0 Å². The lowest BCUT2D eigenvalue weighted by atomic mass is 10.1. The molecule has 0 radical (unpaired) electrons. The maximum absolute atomic E-state index is 12.6. The second-order valence-electron chi connectivity index (χ2n) is 5.69. The van der Waals surface area contributed by atoms with Crippen LogP contribution in [0, 0.1) is 13.8 Å². The number of hydrogen-bond donors (Lipinski definition) is 0. The van der Waals surface area contributed by atoms with Crippen LogP contribution in [0.5, 0.6) is 0 Å². The zero-order valence-corrected chi connectivity index (χ0v) is 12.6. The van der Waals surface area contributed by atoms with Gasteiger partial charge in [0.05, 0.1) is 0 Å². The first-order chi connectivity index (χ1) is 10.0. The summed E-state index contributed by atoms with van der Waals surface area (Å²) >= 11 is 0. The summed E-state index contributed by atoms with van der Waals surface area (Å²) in [7, 11) is 1.87. The number of fused-ring (bicyclic) bond motifs is 1. The summed E-state index contributed by atoms with van der Waals surface area (Å²) in [6, 6.07) is 10.4. The minimum absolute atomic E-state index is 0.0265. The van der Waals surface area contributed by atoms with Crippen LogP contribution in [0.15, 0.2) is 30.3 Å². The Bertz CT molecular complexity index is 651. The number of carbonyl (C=O) groups excluding carboxylic acids is 1. The smallest absolute Gasteiger partial charge is 0.272 e. The van der Waals surface area contributed by atoms with Gasteiger partial charge in [0.25, 0.3) is 5.91 Å². The lowest BCUT2D eigenvalue weighted by Crippen LogP contribution is -2.38. The van der Waals surface area contributed by atoms with Gasteiger partial charge < -0.3 is 4.90 Å². The molecule has 0 atom stereocenters. The molecule has 0 N–H and O–H groups in total. The molecule has 0 saturated heterocycles. The molecule has 1 aliphatic rings. The third kappa shape index (κ3) is 2.66. The van der Waals surface area contributed by atoms with Crippen LogP contribution in [-0.4, -0.2) is 33.9 Å². The van der Waals surface area contributed by atoms with Crippen molar-refractivity contribution in [1.82, 2.24) is 14.9 Å². The molecular weight excluding hydrogens is 262 g/mol. The quantitative estimate of drug-likeness (QED) is 0.848. The van der Waals surface area contributed by atoms with E-state index >= 15 is 0 Å². The maximum atomic E-state index is 12.6. The number of aryl methyl sites for hydroxylation is 2. The average Bonchev–Trinajstić information content (AvgIpc) is 2.88. The molecule has 1 aromatic heterocycles. The number of likely N-dealkylation sites (N-methyl/N-ethyl adjacent to an activating group) is 1. The molecular formula is C17H19N3O. The zero-order chi connectivity index (χ0) is 15.0. The fraction of sp³-hybridized carbons (Fsp3) is 0.353. The number of benzene rings is 1. The van der Waals surface area contributed by atoms with E-state index in [2.05, 4.69) is 34.2 Å². The number of amides is 1. The second-order valence-corrected chi connectivity index (χ2v) is 5.69. The minimum atomic E-state index is -0.0265. The lowest BCUT2D eigenvalue weighted by molar-refractivity contribution is 0.0731. The Morgan fingerprint density at radius 1 is 1.14 bits per heavy atom. The van der Waals surface area contributed by atoms with Crippen molar-refractivity contribution < 1.29 is 4.79 Å². The van der Waals surface area contributed by atoms with E-state index in [1.165, 1.54) is 11.1 Å². The molecule has 1 aromatic carbocycles. The van der Waals surface area contributed by atoms with Gasteiger partial charge in [-0.25, -0.2) is 9.97 Å². The topological polar surface area (TPSA) is 46.1 Å². The normalized spacial score (nSPS) is 14.0. The van der Waals surface area contributed by atoms with E-state index in [1.807, 2.05) is 25.8 Å². The van der Waals surface area contributed by atoms with E-state index in [4.69, 9.17) is 0 Å². The zero-order valence-electron chi connectivity index (χ0n) is 12.6. The standard InChI is InChI=1S/C17H19N3O/c1-11-8-16(19-12(2)18-11)17(21)20(3)15-9-13-6-4-5-7-14(13)10-15/h4-8,15H,9-10H2,1-3H3. The monoisotopic (exact) mass is 281 g/mol. The second kappa shape index (κ2) is 5.28. The van der Waals surface area contributed by atoms with E-state index in [0.29, 0.717) is 11.5 Å². The highest BCUT2D eigenvalue weighted by molar-refractivity contribution is 5.92. The number of carbonyl (C=O) groups is 1. The molecule has 0 saturated carbocycles. The number of hydrogen-bond acceptors (Lipinski definition) is 3. The summed E-state index contributed by atoms with van der Waals surface area (Å²) in [4.78, 5) is 22.9. The first-order valence-electron chi connectivity index (χ1n) is 7.21. The van der Waals surface area contributed by atoms with Gasteiger partial charge in [0.1, 0.15) is 11.5 Å². The van der Waals surface area contributed by atoms with Crippen molar-refractivity contribution in [1.29, 1.82) is 0 Å². The van der Waals surface area contributed by atoms with E-state index in [1.54, 1.807) is 6.07 Å². The largest absolute Gasteiger partial charge is 0.337 e. The van der Waals surface area contributed by atoms with Crippen molar-refractivity contribution >= 4 is 5.91 Å². The number of nitrogens with zero attached hydrogens (tertiary/aromatic N) is 3. The van der Waals surface area contributed by atoms with E-state index in [9.17, 15) is 4.79 Å². The number of rotatable bonds is 2. The highest BCUT2D eigenvalue weighted by Crippen LogP contribution is 2.25. The maximum Gasteiger partial charge on any atom is 0.272 e. The molecule has 21 heavy (non-hydrogen) atoms. The van der Waals surface area contributed by atoms with E-state index in [0.717, 1.165) is 18.5 Å². The molecule has 1 heterocycles. The van der Waals surface area contributed by atoms with Gasteiger partial charge in [-0.2, -0.15) is 0 Å². The Kier molecular flexibility index (Phi) is 3.45. The van der Waals surface area contributed by atoms with Gasteiger partial charge >= 0.3 is 0 Å². The van der Waals surface area contributed by atoms with Crippen molar-refractivity contribution in [3.8, 4) is 0 Å². The Hall–Kier alpha value is -2.23. The molecule has 108 valence electrons. The van der Waals surface area contributed by atoms with Gasteiger partial charge in [-0.1, -0.05) is 24.3 Å². The summed E-state index contributed by atoms with van der Waals surface area (Å²) < 4.78 is 0. The summed E-state index contributed by atoms with van der Waals surface area (Å²) in [5.41, 5.74) is 4.00. The summed E-state index contributed by atoms with van der Waals surface area (Å²) in [5, 5.41) is 0. The molecule has 4 nitrogen and oxygen atoms in total. The average molecular weight is 281 g/mol. The van der Waals surface area contributed by atoms with Gasteiger partial charge in [-0.3, -0.25) is 4.79 Å². The van der Waals surface area contributed by atoms with Crippen LogP contribution < -0.4 is 0 Å². The highest BCUT2D eigenvalue weighted by atomic mass is 16.2. The van der Waals surface area contributed by atoms with Gasteiger partial charge in [0.2, 0.25) is 0 Å². The summed E-state index contributed by atoms with van der Waals surface area (Å²) in [6.07, 6.45) is 1.84. The molecule has 0 unspecified atom stereocenters. The third-order valence-corrected chi connectivity index (χ3v) is 4.08. The van der Waals surface area contributed by atoms with Crippen molar-refractivity contribution in [2.24, 2.45) is 0 Å². The van der Waals surface area contributed by atoms with Gasteiger partial charge in [-0.15, -0.1) is 0 Å². The van der Waals surface area contributed by atoms with Crippen LogP contribution in [-0.2, 0) is 12.8 Å². The molecule has 0 aliphatic heterocycles. The molecule has 4 heteroatoms. The van der Waals surface area contributed by atoms with Gasteiger partial charge in [0, 0.05) is 18.8 Å². The van der Waals surface area contributed by atoms with Crippen LogP contribution in [0.2, 0.25) is 0 Å². The first kappa shape index (κ1) is 13.7. The Balaban J connectivity index is 1.80. The van der Waals surface area contributed by atoms with Crippen LogP contribution in [0.3, 0.4) is 0 Å². The van der Waals surface area contributed by atoms with Crippen molar-refractivity contribution in [2.45, 2.75) is 32.7 Å². The molecule has 1 aliphatic carbocycles. The highest BCUT2D eigenvalue weighted by Gasteiger charge is 2.28. The molecule has 1 amide bonds. The molecule has 0 spiro atoms. The fourth-order valence-corrected chi connectivity index (χ4v) is 2.98. The Morgan fingerprint density at radius 3 is 2.33 bits per heavy atom. The van der Waals surface area contributed by atoms with Crippen molar-refractivity contribution in [3.63, 3.8) is 0 Å². The first-order valence-corrected chi connectivity index (χ1v) is 7.21. The predicted molar refractivity (Wildman–Crippen MR) is 81.2 cm³/mol. The Labute approximate surface area is 124 Å². The van der Waals surface area contributed by atoms with Crippen molar-refractivity contribution in [2.75, 3.05) is 7.05 Å². The van der Waals surface area contributed by atoms with E-state index < -0.39 is 0 Å². The minimum Gasteiger partial charge on any atom is -0.337 e. The van der Waals surface area contributed by atoms with Crippen LogP contribution in [0.4, 0.5) is 0 Å². The summed E-state index contributed by atoms with van der Waals surface area (Å²) in [6.45, 7) is 3.70. The molecule has 3 rings (SSSR count). The van der Waals surface area contributed by atoms with E-state index in [-0.39, 0.29) is 11.9 Å². The summed E-state index contributed by atoms with van der Waals surface area (Å²) in [5.74, 6) is 0.614. The Morgan fingerprint density at radius 2 is 1.76 bits per heavy atom. The molecule has 0 bridgehead atoms. The third-order valence-electron chi connectivity index (χ3n) is 4.08. The number of aromatic nitrogens is 2. The van der Waals surface area contributed by atoms with Crippen LogP contribution >= 0.6 is 0 Å². The van der Waals surface area contributed by atoms with Crippen LogP contribution in [0.1, 0.15) is 33.1 Å². The fourth-order valence-electron chi connectivity index (χ4n) is 2.98. The lowest BCUT2D eigenvalue weighted by Gasteiger charge is -2.24. The SMILES string of the molecule is Cc1cc(C(=O)N(C)C2Cc3ccccc3C2)nc(C)n1. The van der Waals surface area contributed by atoms with Crippen LogP contribution in [0.25, 0.3) is 0 Å². The molecule has 0 fully saturated rings. The predicted octanol–water partition coefficient (Wildman–Crippen LogP) is 2.33.